The van der Waals surface area contributed by atoms with Crippen LogP contribution in [0.15, 0.2) is 66.7 Å². The van der Waals surface area contributed by atoms with E-state index in [-0.39, 0.29) is 12.1 Å². The highest BCUT2D eigenvalue weighted by molar-refractivity contribution is 5.84. The van der Waals surface area contributed by atoms with Crippen LogP contribution in [0.5, 0.6) is 5.75 Å². The Morgan fingerprint density at radius 2 is 1.70 bits per heavy atom. The Morgan fingerprint density at radius 1 is 0.939 bits per heavy atom. The molecular weight excluding hydrogens is 412 g/mol. The zero-order valence-electron chi connectivity index (χ0n) is 19.6. The number of nitrogens with one attached hydrogen (secondary N) is 1. The molecule has 1 heterocycles. The molecule has 172 valence electrons. The van der Waals surface area contributed by atoms with Crippen molar-refractivity contribution in [3.63, 3.8) is 0 Å². The smallest absolute Gasteiger partial charge is 0.305 e. The molecule has 3 aromatic carbocycles. The van der Waals surface area contributed by atoms with Crippen LogP contribution in [-0.4, -0.2) is 19.7 Å². The minimum Gasteiger partial charge on any atom is -0.494 e. The third-order valence-electron chi connectivity index (χ3n) is 5.90. The highest BCUT2D eigenvalue weighted by Crippen LogP contribution is 2.47. The summed E-state index contributed by atoms with van der Waals surface area (Å²) < 4.78 is 10.7. The van der Waals surface area contributed by atoms with Gasteiger partial charge in [0, 0.05) is 18.2 Å². The van der Waals surface area contributed by atoms with E-state index in [1.165, 1.54) is 29.5 Å². The lowest BCUT2D eigenvalue weighted by molar-refractivity contribution is -0.140. The average molecular weight is 445 g/mol. The molecule has 5 nitrogen and oxygen atoms in total. The predicted octanol–water partition coefficient (Wildman–Crippen LogP) is 6.68. The maximum absolute atomic E-state index is 11.2. The minimum atomic E-state index is -0.151. The molecule has 1 aliphatic heterocycles. The lowest BCUT2D eigenvalue weighted by Crippen LogP contribution is -2.23. The number of methoxy groups -OCH3 is 1. The molecular formula is C28H32N2O3. The first kappa shape index (κ1) is 22.7. The molecule has 4 rings (SSSR count). The van der Waals surface area contributed by atoms with Gasteiger partial charge in [-0.05, 0) is 74.1 Å². The summed E-state index contributed by atoms with van der Waals surface area (Å²) in [4.78, 5) is 13.6. The summed E-state index contributed by atoms with van der Waals surface area (Å²) in [5.41, 5.74) is 7.08. The van der Waals surface area contributed by atoms with Crippen molar-refractivity contribution in [2.45, 2.75) is 45.7 Å². The maximum Gasteiger partial charge on any atom is 0.305 e. The first-order valence-corrected chi connectivity index (χ1v) is 11.6. The highest BCUT2D eigenvalue weighted by atomic mass is 16.5. The number of ether oxygens (including phenoxy) is 2. The van der Waals surface area contributed by atoms with Gasteiger partial charge in [-0.3, -0.25) is 4.79 Å². The molecule has 0 aliphatic carbocycles. The molecule has 1 unspecified atom stereocenters. The number of anilines is 3. The largest absolute Gasteiger partial charge is 0.494 e. The number of benzene rings is 3. The Balaban J connectivity index is 1.50. The van der Waals surface area contributed by atoms with Crippen molar-refractivity contribution in [2.75, 3.05) is 23.9 Å². The molecule has 1 N–H and O–H groups in total. The molecule has 0 aromatic heterocycles. The van der Waals surface area contributed by atoms with Crippen molar-refractivity contribution in [1.82, 2.24) is 0 Å². The van der Waals surface area contributed by atoms with Crippen LogP contribution in [0.25, 0.3) is 0 Å². The van der Waals surface area contributed by atoms with Gasteiger partial charge in [-0.1, -0.05) is 36.4 Å². The van der Waals surface area contributed by atoms with E-state index < -0.39 is 0 Å². The van der Waals surface area contributed by atoms with E-state index in [1.807, 2.05) is 12.1 Å². The maximum atomic E-state index is 11.2. The van der Waals surface area contributed by atoms with E-state index in [2.05, 4.69) is 83.4 Å². The van der Waals surface area contributed by atoms with Crippen LogP contribution in [0.2, 0.25) is 0 Å². The van der Waals surface area contributed by atoms with E-state index in [4.69, 9.17) is 4.74 Å². The molecule has 5 heteroatoms. The molecule has 0 radical (unpaired) electrons. The lowest BCUT2D eigenvalue weighted by Gasteiger charge is -2.28. The van der Waals surface area contributed by atoms with Gasteiger partial charge < -0.3 is 19.7 Å². The third kappa shape index (κ3) is 5.48. The number of nitrogens with zero attached hydrogens (tertiary/aromatic N) is 1. The van der Waals surface area contributed by atoms with Gasteiger partial charge in [0.05, 0.1) is 25.1 Å². The van der Waals surface area contributed by atoms with Gasteiger partial charge in [-0.25, -0.2) is 0 Å². The van der Waals surface area contributed by atoms with Gasteiger partial charge >= 0.3 is 5.97 Å². The second kappa shape index (κ2) is 10.4. The number of unbranched alkanes of at least 4 members (excludes halogenated alkanes) is 2. The highest BCUT2D eigenvalue weighted by Gasteiger charge is 2.31. The summed E-state index contributed by atoms with van der Waals surface area (Å²) >= 11 is 0. The van der Waals surface area contributed by atoms with Crippen LogP contribution in [0, 0.1) is 13.8 Å². The fourth-order valence-electron chi connectivity index (χ4n) is 4.37. The van der Waals surface area contributed by atoms with Crippen molar-refractivity contribution in [3.8, 4) is 5.75 Å². The molecule has 0 saturated carbocycles. The average Bonchev–Trinajstić information content (AvgIpc) is 3.20. The van der Waals surface area contributed by atoms with Gasteiger partial charge in [0.2, 0.25) is 0 Å². The Kier molecular flexibility index (Phi) is 7.18. The van der Waals surface area contributed by atoms with Crippen LogP contribution in [0.3, 0.4) is 0 Å². The van der Waals surface area contributed by atoms with Gasteiger partial charge in [-0.15, -0.1) is 0 Å². The second-order valence-corrected chi connectivity index (χ2v) is 8.59. The topological polar surface area (TPSA) is 50.8 Å². The normalized spacial score (nSPS) is 14.5. The summed E-state index contributed by atoms with van der Waals surface area (Å²) in [6.07, 6.45) is 3.15. The van der Waals surface area contributed by atoms with Crippen LogP contribution in [0.4, 0.5) is 17.1 Å². The summed E-state index contributed by atoms with van der Waals surface area (Å²) in [5.74, 6) is 0.699. The summed E-state index contributed by atoms with van der Waals surface area (Å²) in [6, 6.07) is 23.4. The molecule has 3 aromatic rings. The Hall–Kier alpha value is -3.47. The van der Waals surface area contributed by atoms with Crippen LogP contribution in [-0.2, 0) is 9.53 Å². The zero-order chi connectivity index (χ0) is 23.2. The Labute approximate surface area is 196 Å². The Morgan fingerprint density at radius 3 is 2.42 bits per heavy atom. The first-order chi connectivity index (χ1) is 16.0. The van der Waals surface area contributed by atoms with Crippen molar-refractivity contribution in [3.05, 3.63) is 83.4 Å². The van der Waals surface area contributed by atoms with Crippen molar-refractivity contribution in [2.24, 2.45) is 0 Å². The number of hydrogen-bond acceptors (Lipinski definition) is 5. The van der Waals surface area contributed by atoms with Crippen LogP contribution < -0.4 is 15.0 Å². The van der Waals surface area contributed by atoms with Crippen LogP contribution in [0.1, 0.15) is 48.5 Å². The van der Waals surface area contributed by atoms with Crippen LogP contribution >= 0.6 is 0 Å². The van der Waals surface area contributed by atoms with Crippen molar-refractivity contribution < 1.29 is 14.3 Å². The summed E-state index contributed by atoms with van der Waals surface area (Å²) in [5, 5.41) is 3.70. The molecule has 1 atom stereocenters. The van der Waals surface area contributed by atoms with Gasteiger partial charge in [0.15, 0.2) is 0 Å². The fraction of sp³-hybridized carbons (Fsp3) is 0.321. The number of carbonyl (C=O) groups is 1. The standard InChI is InChI=1S/C28H32N2O3/c1-20-16-21(2)18-23(17-20)30-26-14-13-24(33-15-9-5-8-12-27(31)32-3)19-25(26)29-28(30)22-10-6-4-7-11-22/h4,6-7,10-11,13-14,16-19,28-29H,5,8-9,12,15H2,1-3H3. The lowest BCUT2D eigenvalue weighted by atomic mass is 10.1. The SMILES string of the molecule is COC(=O)CCCCCOc1ccc2c(c1)NC(c1ccccc1)N2c1cc(C)cc(C)c1. The Bertz CT molecular complexity index is 1080. The predicted molar refractivity (Wildman–Crippen MR) is 133 cm³/mol. The number of rotatable bonds is 9. The third-order valence-corrected chi connectivity index (χ3v) is 5.90. The monoisotopic (exact) mass is 444 g/mol. The zero-order valence-corrected chi connectivity index (χ0v) is 19.6. The second-order valence-electron chi connectivity index (χ2n) is 8.59. The molecule has 0 saturated heterocycles. The number of aryl methyl sites for hydroxylation is 2. The summed E-state index contributed by atoms with van der Waals surface area (Å²) in [6.45, 7) is 4.91. The van der Waals surface area contributed by atoms with Gasteiger partial charge in [0.25, 0.3) is 0 Å². The van der Waals surface area contributed by atoms with Gasteiger partial charge in [-0.2, -0.15) is 0 Å². The number of fused-ring (bicyclic) bond motifs is 1. The molecule has 33 heavy (non-hydrogen) atoms. The van der Waals surface area contributed by atoms with E-state index >= 15 is 0 Å². The molecule has 1 aliphatic rings. The first-order valence-electron chi connectivity index (χ1n) is 11.6. The molecule has 0 amide bonds. The molecule has 0 fully saturated rings. The van der Waals surface area contributed by atoms with E-state index in [0.29, 0.717) is 13.0 Å². The quantitative estimate of drug-likeness (QED) is 0.295. The van der Waals surface area contributed by atoms with E-state index in [0.717, 1.165) is 36.4 Å². The van der Waals surface area contributed by atoms with Gasteiger partial charge in [0.1, 0.15) is 11.9 Å². The fourth-order valence-corrected chi connectivity index (χ4v) is 4.37. The number of carbonyl (C=O) groups excluding carboxylic acids is 1. The van der Waals surface area contributed by atoms with Crippen molar-refractivity contribution >= 4 is 23.0 Å². The van der Waals surface area contributed by atoms with E-state index in [9.17, 15) is 4.79 Å². The number of esters is 1. The van der Waals surface area contributed by atoms with E-state index in [1.54, 1.807) is 0 Å². The molecule has 0 spiro atoms. The minimum absolute atomic E-state index is 0.0102. The number of hydrogen-bond donors (Lipinski definition) is 1. The summed E-state index contributed by atoms with van der Waals surface area (Å²) in [7, 11) is 1.43. The van der Waals surface area contributed by atoms with Crippen molar-refractivity contribution in [1.29, 1.82) is 0 Å². The molecule has 0 bridgehead atoms.